The van der Waals surface area contributed by atoms with Gasteiger partial charge in [-0.15, -0.1) is 0 Å². The number of hydrogen-bond acceptors (Lipinski definition) is 1. The third kappa shape index (κ3) is 3.68. The first-order valence-electron chi connectivity index (χ1n) is 7.46. The Hall–Kier alpha value is -1.11. The molecule has 1 aliphatic carbocycles. The van der Waals surface area contributed by atoms with E-state index in [9.17, 15) is 4.79 Å². The minimum Gasteiger partial charge on any atom is -0.299 e. The number of aryl methyl sites for hydroxylation is 2. The molecule has 19 heavy (non-hydrogen) atoms. The van der Waals surface area contributed by atoms with Crippen LogP contribution in [0, 0.1) is 25.2 Å². The van der Waals surface area contributed by atoms with Gasteiger partial charge in [-0.2, -0.15) is 0 Å². The maximum atomic E-state index is 12.4. The number of Topliss-reactive ketones (excluding diaryl/α,β-unsaturated/α-hetero) is 1. The lowest BCUT2D eigenvalue weighted by molar-refractivity contribution is -0.123. The van der Waals surface area contributed by atoms with E-state index in [1.54, 1.807) is 0 Å². The molecule has 1 saturated carbocycles. The van der Waals surface area contributed by atoms with Crippen molar-refractivity contribution >= 4 is 5.78 Å². The third-order valence-electron chi connectivity index (χ3n) is 4.66. The second-order valence-corrected chi connectivity index (χ2v) is 7.01. The lowest BCUT2D eigenvalue weighted by Crippen LogP contribution is -2.27. The standard InChI is InChI=1S/C18H26O/c1-13-5-6-14(2)16(11-13)12-17(19)15-7-9-18(3,4)10-8-15/h5-6,11,15H,7-10,12H2,1-4H3. The second kappa shape index (κ2) is 5.48. The van der Waals surface area contributed by atoms with E-state index >= 15 is 0 Å². The molecule has 1 heteroatoms. The fourth-order valence-electron chi connectivity index (χ4n) is 3.04. The first-order valence-corrected chi connectivity index (χ1v) is 7.46. The Morgan fingerprint density at radius 1 is 1.21 bits per heavy atom. The van der Waals surface area contributed by atoms with Crippen molar-refractivity contribution in [3.05, 3.63) is 34.9 Å². The Labute approximate surface area is 117 Å². The Bertz CT molecular complexity index is 461. The van der Waals surface area contributed by atoms with Crippen LogP contribution < -0.4 is 0 Å². The minimum atomic E-state index is 0.299. The van der Waals surface area contributed by atoms with E-state index in [0.717, 1.165) is 12.8 Å². The largest absolute Gasteiger partial charge is 0.299 e. The van der Waals surface area contributed by atoms with Crippen LogP contribution in [0.25, 0.3) is 0 Å². The monoisotopic (exact) mass is 258 g/mol. The summed E-state index contributed by atoms with van der Waals surface area (Å²) in [6.07, 6.45) is 5.17. The molecule has 0 N–H and O–H groups in total. The molecule has 0 amide bonds. The van der Waals surface area contributed by atoms with Crippen LogP contribution in [0.5, 0.6) is 0 Å². The highest BCUT2D eigenvalue weighted by Gasteiger charge is 2.30. The molecule has 1 aromatic carbocycles. The number of carbonyl (C=O) groups excluding carboxylic acids is 1. The Morgan fingerprint density at radius 3 is 2.47 bits per heavy atom. The van der Waals surface area contributed by atoms with Gasteiger partial charge in [0.15, 0.2) is 0 Å². The van der Waals surface area contributed by atoms with Gasteiger partial charge in [0, 0.05) is 12.3 Å². The number of carbonyl (C=O) groups is 1. The van der Waals surface area contributed by atoms with E-state index < -0.39 is 0 Å². The van der Waals surface area contributed by atoms with Gasteiger partial charge in [0.2, 0.25) is 0 Å². The van der Waals surface area contributed by atoms with E-state index in [1.807, 2.05) is 0 Å². The van der Waals surface area contributed by atoms with Crippen LogP contribution in [0.4, 0.5) is 0 Å². The lowest BCUT2D eigenvalue weighted by atomic mass is 9.71. The number of rotatable bonds is 3. The van der Waals surface area contributed by atoms with Crippen LogP contribution >= 0.6 is 0 Å². The summed E-state index contributed by atoms with van der Waals surface area (Å²) in [6.45, 7) is 8.83. The quantitative estimate of drug-likeness (QED) is 0.772. The van der Waals surface area contributed by atoms with Gasteiger partial charge >= 0.3 is 0 Å². The van der Waals surface area contributed by atoms with E-state index in [0.29, 0.717) is 23.5 Å². The first kappa shape index (κ1) is 14.3. The predicted octanol–water partition coefficient (Wildman–Crippen LogP) is 4.63. The molecule has 1 fully saturated rings. The van der Waals surface area contributed by atoms with Crippen LogP contribution in [-0.2, 0) is 11.2 Å². The van der Waals surface area contributed by atoms with Crippen LogP contribution in [0.2, 0.25) is 0 Å². The number of ketones is 1. The second-order valence-electron chi connectivity index (χ2n) is 7.01. The first-order chi connectivity index (χ1) is 8.87. The van der Waals surface area contributed by atoms with Crippen molar-refractivity contribution in [2.24, 2.45) is 11.3 Å². The van der Waals surface area contributed by atoms with Crippen molar-refractivity contribution in [2.45, 2.75) is 59.8 Å². The molecule has 0 radical (unpaired) electrons. The van der Waals surface area contributed by atoms with Crippen molar-refractivity contribution < 1.29 is 4.79 Å². The predicted molar refractivity (Wildman–Crippen MR) is 80.4 cm³/mol. The summed E-state index contributed by atoms with van der Waals surface area (Å²) in [4.78, 5) is 12.4. The fraction of sp³-hybridized carbons (Fsp3) is 0.611. The van der Waals surface area contributed by atoms with Crippen molar-refractivity contribution in [3.8, 4) is 0 Å². The average Bonchev–Trinajstić information content (AvgIpc) is 2.33. The van der Waals surface area contributed by atoms with E-state index in [2.05, 4.69) is 45.9 Å². The molecule has 0 saturated heterocycles. The highest BCUT2D eigenvalue weighted by atomic mass is 16.1. The molecule has 1 nitrogen and oxygen atoms in total. The zero-order valence-corrected chi connectivity index (χ0v) is 12.8. The molecular weight excluding hydrogens is 232 g/mol. The maximum absolute atomic E-state index is 12.4. The summed E-state index contributed by atoms with van der Waals surface area (Å²) in [5.41, 5.74) is 4.15. The fourth-order valence-corrected chi connectivity index (χ4v) is 3.04. The summed E-state index contributed by atoms with van der Waals surface area (Å²) in [5.74, 6) is 0.747. The summed E-state index contributed by atoms with van der Waals surface area (Å²) < 4.78 is 0. The van der Waals surface area contributed by atoms with E-state index in [-0.39, 0.29) is 0 Å². The van der Waals surface area contributed by atoms with Gasteiger partial charge in [-0.25, -0.2) is 0 Å². The van der Waals surface area contributed by atoms with Gasteiger partial charge in [0.25, 0.3) is 0 Å². The molecule has 1 aliphatic rings. The Kier molecular flexibility index (Phi) is 4.13. The number of hydrogen-bond donors (Lipinski definition) is 0. The topological polar surface area (TPSA) is 17.1 Å². The van der Waals surface area contributed by atoms with E-state index in [4.69, 9.17) is 0 Å². The van der Waals surface area contributed by atoms with Crippen LogP contribution in [-0.4, -0.2) is 5.78 Å². The van der Waals surface area contributed by atoms with Gasteiger partial charge in [0.1, 0.15) is 5.78 Å². The van der Waals surface area contributed by atoms with Crippen LogP contribution in [0.3, 0.4) is 0 Å². The molecule has 1 aromatic rings. The van der Waals surface area contributed by atoms with Gasteiger partial charge in [0.05, 0.1) is 0 Å². The molecule has 0 bridgehead atoms. The van der Waals surface area contributed by atoms with Gasteiger partial charge in [-0.1, -0.05) is 37.6 Å². The Morgan fingerprint density at radius 2 is 1.84 bits per heavy atom. The van der Waals surface area contributed by atoms with Crippen molar-refractivity contribution in [3.63, 3.8) is 0 Å². The average molecular weight is 258 g/mol. The normalized spacial score (nSPS) is 19.4. The molecule has 0 atom stereocenters. The van der Waals surface area contributed by atoms with Gasteiger partial charge < -0.3 is 0 Å². The third-order valence-corrected chi connectivity index (χ3v) is 4.66. The van der Waals surface area contributed by atoms with Crippen LogP contribution in [0.1, 0.15) is 56.2 Å². The van der Waals surface area contributed by atoms with Crippen LogP contribution in [0.15, 0.2) is 18.2 Å². The summed E-state index contributed by atoms with van der Waals surface area (Å²) in [5, 5.41) is 0. The summed E-state index contributed by atoms with van der Waals surface area (Å²) in [7, 11) is 0. The maximum Gasteiger partial charge on any atom is 0.140 e. The van der Waals surface area contributed by atoms with Gasteiger partial charge in [-0.05, 0) is 56.1 Å². The molecule has 0 heterocycles. The zero-order valence-electron chi connectivity index (χ0n) is 12.8. The SMILES string of the molecule is Cc1ccc(C)c(CC(=O)C2CCC(C)(C)CC2)c1. The van der Waals surface area contributed by atoms with Crippen molar-refractivity contribution in [1.82, 2.24) is 0 Å². The molecule has 0 unspecified atom stereocenters. The highest BCUT2D eigenvalue weighted by molar-refractivity contribution is 5.83. The molecular formula is C18H26O. The molecule has 0 aromatic heterocycles. The highest BCUT2D eigenvalue weighted by Crippen LogP contribution is 2.38. The molecule has 2 rings (SSSR count). The Balaban J connectivity index is 2.00. The van der Waals surface area contributed by atoms with E-state index in [1.165, 1.54) is 29.5 Å². The van der Waals surface area contributed by atoms with Crippen molar-refractivity contribution in [1.29, 1.82) is 0 Å². The van der Waals surface area contributed by atoms with Gasteiger partial charge in [-0.3, -0.25) is 4.79 Å². The minimum absolute atomic E-state index is 0.299. The molecule has 0 aliphatic heterocycles. The van der Waals surface area contributed by atoms with Crippen molar-refractivity contribution in [2.75, 3.05) is 0 Å². The zero-order chi connectivity index (χ0) is 14.0. The summed E-state index contributed by atoms with van der Waals surface area (Å²) in [6, 6.07) is 6.41. The summed E-state index contributed by atoms with van der Waals surface area (Å²) >= 11 is 0. The molecule has 104 valence electrons. The molecule has 0 spiro atoms. The smallest absolute Gasteiger partial charge is 0.140 e. The number of benzene rings is 1. The lowest BCUT2D eigenvalue weighted by Gasteiger charge is -2.33.